The molecule has 2 aromatic carbocycles. The fourth-order valence-corrected chi connectivity index (χ4v) is 5.24. The first kappa shape index (κ1) is 18.5. The van der Waals surface area contributed by atoms with Gasteiger partial charge in [0.2, 0.25) is 0 Å². The maximum absolute atomic E-state index is 11.8. The first-order chi connectivity index (χ1) is 13.1. The van der Waals surface area contributed by atoms with Crippen LogP contribution in [0.3, 0.4) is 0 Å². The third-order valence-corrected chi connectivity index (χ3v) is 6.66. The number of benzene rings is 2. The van der Waals surface area contributed by atoms with E-state index in [4.69, 9.17) is 0 Å². The van der Waals surface area contributed by atoms with E-state index in [1.165, 1.54) is 24.8 Å². The molecule has 0 spiro atoms. The molecule has 4 rings (SSSR count). The van der Waals surface area contributed by atoms with Gasteiger partial charge in [-0.3, -0.25) is 9.69 Å². The Morgan fingerprint density at radius 1 is 1.00 bits per heavy atom. The van der Waals surface area contributed by atoms with Crippen molar-refractivity contribution < 1.29 is 9.90 Å². The molecule has 1 saturated carbocycles. The summed E-state index contributed by atoms with van der Waals surface area (Å²) in [4.78, 5) is 16.8. The van der Waals surface area contributed by atoms with E-state index in [0.717, 1.165) is 55.4 Å². The maximum Gasteiger partial charge on any atom is 0.307 e. The largest absolute Gasteiger partial charge is 0.481 e. The normalized spacial score (nSPS) is 21.4. The van der Waals surface area contributed by atoms with Crippen molar-refractivity contribution >= 4 is 16.7 Å². The van der Waals surface area contributed by atoms with Crippen molar-refractivity contribution in [1.29, 1.82) is 0 Å². The summed E-state index contributed by atoms with van der Waals surface area (Å²) >= 11 is 0. The number of piperazine rings is 1. The molecule has 0 amide bonds. The van der Waals surface area contributed by atoms with Crippen LogP contribution in [0.25, 0.3) is 10.8 Å². The smallest absolute Gasteiger partial charge is 0.307 e. The number of fused-ring (bicyclic) bond motifs is 1. The van der Waals surface area contributed by atoms with Crippen LogP contribution in [0.2, 0.25) is 0 Å². The zero-order valence-corrected chi connectivity index (χ0v) is 16.3. The van der Waals surface area contributed by atoms with Gasteiger partial charge in [-0.05, 0) is 41.8 Å². The molecule has 1 saturated heterocycles. The van der Waals surface area contributed by atoms with E-state index in [9.17, 15) is 9.90 Å². The Morgan fingerprint density at radius 3 is 2.41 bits per heavy atom. The number of carboxylic acid groups (broad SMARTS) is 1. The minimum Gasteiger partial charge on any atom is -0.481 e. The number of carbonyl (C=O) groups is 1. The molecule has 27 heavy (non-hydrogen) atoms. The van der Waals surface area contributed by atoms with Gasteiger partial charge in [0.15, 0.2) is 0 Å². The van der Waals surface area contributed by atoms with Gasteiger partial charge in [-0.15, -0.1) is 0 Å². The summed E-state index contributed by atoms with van der Waals surface area (Å²) in [5, 5.41) is 11.9. The molecule has 1 aliphatic carbocycles. The molecule has 0 atom stereocenters. The summed E-state index contributed by atoms with van der Waals surface area (Å²) in [6.07, 6.45) is 6.13. The van der Waals surface area contributed by atoms with Crippen LogP contribution in [-0.2, 0) is 16.8 Å². The molecule has 2 fully saturated rings. The van der Waals surface area contributed by atoms with Crippen molar-refractivity contribution in [3.63, 3.8) is 0 Å². The van der Waals surface area contributed by atoms with Gasteiger partial charge in [-0.1, -0.05) is 55.7 Å². The van der Waals surface area contributed by atoms with Crippen LogP contribution < -0.4 is 0 Å². The Labute approximate surface area is 161 Å². The van der Waals surface area contributed by atoms with Crippen LogP contribution in [0.5, 0.6) is 0 Å². The molecule has 4 heteroatoms. The molecule has 2 aromatic rings. The maximum atomic E-state index is 11.8. The van der Waals surface area contributed by atoms with Gasteiger partial charge in [0.05, 0.1) is 6.42 Å². The minimum atomic E-state index is -0.739. The van der Waals surface area contributed by atoms with Crippen molar-refractivity contribution in [2.75, 3.05) is 33.2 Å². The van der Waals surface area contributed by atoms with Gasteiger partial charge in [0, 0.05) is 31.7 Å². The van der Waals surface area contributed by atoms with Crippen LogP contribution in [-0.4, -0.2) is 54.1 Å². The van der Waals surface area contributed by atoms with Crippen molar-refractivity contribution in [1.82, 2.24) is 9.80 Å². The first-order valence-electron chi connectivity index (χ1n) is 10.3. The van der Waals surface area contributed by atoms with Gasteiger partial charge in [0.25, 0.3) is 0 Å². The SMILES string of the molecule is CN1CCN(C2(c3ccc4ccccc4c3CC(=O)O)CCCCC2)CC1. The first-order valence-corrected chi connectivity index (χ1v) is 10.3. The summed E-state index contributed by atoms with van der Waals surface area (Å²) in [6.45, 7) is 4.30. The van der Waals surface area contributed by atoms with E-state index in [2.05, 4.69) is 41.1 Å². The van der Waals surface area contributed by atoms with Crippen LogP contribution in [0.1, 0.15) is 43.2 Å². The highest BCUT2D eigenvalue weighted by molar-refractivity contribution is 5.90. The Morgan fingerprint density at radius 2 is 1.70 bits per heavy atom. The van der Waals surface area contributed by atoms with Crippen LogP contribution in [0.4, 0.5) is 0 Å². The number of nitrogens with zero attached hydrogens (tertiary/aromatic N) is 2. The fourth-order valence-electron chi connectivity index (χ4n) is 5.24. The second-order valence-corrected chi connectivity index (χ2v) is 8.27. The third kappa shape index (κ3) is 3.48. The van der Waals surface area contributed by atoms with E-state index in [0.29, 0.717) is 0 Å². The van der Waals surface area contributed by atoms with Crippen molar-refractivity contribution in [2.24, 2.45) is 0 Å². The van der Waals surface area contributed by atoms with E-state index in [1.807, 2.05) is 12.1 Å². The Kier molecular flexibility index (Phi) is 5.20. The molecule has 1 N–H and O–H groups in total. The minimum absolute atomic E-state index is 0.00563. The summed E-state index contributed by atoms with van der Waals surface area (Å²) in [7, 11) is 2.19. The molecule has 1 aliphatic heterocycles. The predicted octanol–water partition coefficient (Wildman–Crippen LogP) is 3.87. The van der Waals surface area contributed by atoms with E-state index in [1.54, 1.807) is 0 Å². The lowest BCUT2D eigenvalue weighted by Gasteiger charge is -2.50. The lowest BCUT2D eigenvalue weighted by Crippen LogP contribution is -2.55. The quantitative estimate of drug-likeness (QED) is 0.892. The number of hydrogen-bond acceptors (Lipinski definition) is 3. The molecule has 144 valence electrons. The third-order valence-electron chi connectivity index (χ3n) is 6.66. The Balaban J connectivity index is 1.86. The van der Waals surface area contributed by atoms with Crippen LogP contribution in [0, 0.1) is 0 Å². The van der Waals surface area contributed by atoms with Crippen molar-refractivity contribution in [3.05, 3.63) is 47.5 Å². The van der Waals surface area contributed by atoms with Gasteiger partial charge < -0.3 is 10.0 Å². The van der Waals surface area contributed by atoms with Gasteiger partial charge in [-0.2, -0.15) is 0 Å². The van der Waals surface area contributed by atoms with E-state index in [-0.39, 0.29) is 12.0 Å². The molecule has 0 radical (unpaired) electrons. The zero-order chi connectivity index (χ0) is 18.9. The number of aliphatic carboxylic acids is 1. The van der Waals surface area contributed by atoms with Crippen molar-refractivity contribution in [3.8, 4) is 0 Å². The highest BCUT2D eigenvalue weighted by atomic mass is 16.4. The summed E-state index contributed by atoms with van der Waals surface area (Å²) in [5.74, 6) is -0.739. The number of carboxylic acids is 1. The second-order valence-electron chi connectivity index (χ2n) is 8.27. The predicted molar refractivity (Wildman–Crippen MR) is 109 cm³/mol. The molecule has 0 aromatic heterocycles. The fraction of sp³-hybridized carbons (Fsp3) is 0.522. The molecule has 0 bridgehead atoms. The van der Waals surface area contributed by atoms with E-state index < -0.39 is 5.97 Å². The number of rotatable bonds is 4. The van der Waals surface area contributed by atoms with Crippen LogP contribution in [0.15, 0.2) is 36.4 Å². The second kappa shape index (κ2) is 7.61. The molecule has 4 nitrogen and oxygen atoms in total. The highest BCUT2D eigenvalue weighted by Crippen LogP contribution is 2.45. The summed E-state index contributed by atoms with van der Waals surface area (Å²) in [6, 6.07) is 12.7. The summed E-state index contributed by atoms with van der Waals surface area (Å²) < 4.78 is 0. The topological polar surface area (TPSA) is 43.8 Å². The average Bonchev–Trinajstić information content (AvgIpc) is 2.69. The monoisotopic (exact) mass is 366 g/mol. The van der Waals surface area contributed by atoms with Gasteiger partial charge in [-0.25, -0.2) is 0 Å². The molecule has 2 aliphatic rings. The molecule has 1 heterocycles. The van der Waals surface area contributed by atoms with E-state index >= 15 is 0 Å². The lowest BCUT2D eigenvalue weighted by molar-refractivity contribution is -0.136. The molecular weight excluding hydrogens is 336 g/mol. The Bertz CT molecular complexity index is 818. The number of hydrogen-bond donors (Lipinski definition) is 1. The standard InChI is InChI=1S/C23H30N2O2/c1-24-13-15-25(16-14-24)23(11-5-2-6-12-23)21-10-9-18-7-3-4-8-19(18)20(21)17-22(26)27/h3-4,7-10H,2,5-6,11-17H2,1H3,(H,26,27). The highest BCUT2D eigenvalue weighted by Gasteiger charge is 2.42. The van der Waals surface area contributed by atoms with Crippen molar-refractivity contribution in [2.45, 2.75) is 44.1 Å². The van der Waals surface area contributed by atoms with Gasteiger partial charge >= 0.3 is 5.97 Å². The van der Waals surface area contributed by atoms with Gasteiger partial charge in [0.1, 0.15) is 0 Å². The number of likely N-dealkylation sites (N-methyl/N-ethyl adjacent to an activating group) is 1. The zero-order valence-electron chi connectivity index (χ0n) is 16.3. The molecule has 0 unspecified atom stereocenters. The molecular formula is C23H30N2O2. The van der Waals surface area contributed by atoms with Crippen LogP contribution >= 0.6 is 0 Å². The lowest BCUT2D eigenvalue weighted by atomic mass is 9.72. The average molecular weight is 367 g/mol. The Hall–Kier alpha value is -1.91. The summed E-state index contributed by atoms with van der Waals surface area (Å²) in [5.41, 5.74) is 2.29.